The molecule has 1 aromatic carbocycles. The van der Waals surface area contributed by atoms with Crippen LogP contribution in [0.3, 0.4) is 0 Å². The molecule has 0 aliphatic carbocycles. The molecule has 0 spiro atoms. The van der Waals surface area contributed by atoms with Crippen LogP contribution in [0, 0.1) is 0 Å². The largest absolute Gasteiger partial charge is 0.481 e. The first kappa shape index (κ1) is 13.7. The molecule has 0 aromatic heterocycles. The van der Waals surface area contributed by atoms with Crippen LogP contribution < -0.4 is 0 Å². The zero-order chi connectivity index (χ0) is 12.1. The topological polar surface area (TPSA) is 37.3 Å². The number of carboxylic acids is 1. The Bertz CT molecular complexity index is 382. The van der Waals surface area contributed by atoms with Gasteiger partial charge in [-0.1, -0.05) is 30.1 Å². The number of rotatable bonds is 5. The molecule has 0 fully saturated rings. The Hall–Kier alpha value is -0.380. The smallest absolute Gasteiger partial charge is 0.304 e. The average Bonchev–Trinajstić information content (AvgIpc) is 2.18. The predicted octanol–water partition coefficient (Wildman–Crippen LogP) is 4.09. The molecule has 2 nitrogen and oxygen atoms in total. The van der Waals surface area contributed by atoms with Gasteiger partial charge in [0.15, 0.2) is 0 Å². The molecule has 0 saturated heterocycles. The molecule has 1 unspecified atom stereocenters. The first-order chi connectivity index (χ1) is 7.49. The van der Waals surface area contributed by atoms with E-state index in [1.54, 1.807) is 23.9 Å². The van der Waals surface area contributed by atoms with Gasteiger partial charge in [0.2, 0.25) is 0 Å². The van der Waals surface area contributed by atoms with E-state index < -0.39 is 5.97 Å². The number of halogens is 2. The quantitative estimate of drug-likeness (QED) is 0.882. The molecule has 1 aromatic rings. The van der Waals surface area contributed by atoms with Crippen LogP contribution in [-0.2, 0) is 10.5 Å². The van der Waals surface area contributed by atoms with Gasteiger partial charge in [-0.2, -0.15) is 11.8 Å². The summed E-state index contributed by atoms with van der Waals surface area (Å²) in [6, 6.07) is 5.30. The van der Waals surface area contributed by atoms with Crippen LogP contribution in [0.15, 0.2) is 18.2 Å². The van der Waals surface area contributed by atoms with Gasteiger partial charge < -0.3 is 5.11 Å². The molecule has 1 rings (SSSR count). The van der Waals surface area contributed by atoms with Crippen LogP contribution in [0.5, 0.6) is 0 Å². The second-order valence-electron chi connectivity index (χ2n) is 3.46. The summed E-state index contributed by atoms with van der Waals surface area (Å²) in [6.07, 6.45) is 0.156. The van der Waals surface area contributed by atoms with Gasteiger partial charge in [-0.05, 0) is 23.8 Å². The lowest BCUT2D eigenvalue weighted by molar-refractivity contribution is -0.136. The van der Waals surface area contributed by atoms with E-state index in [2.05, 4.69) is 0 Å². The lowest BCUT2D eigenvalue weighted by atomic mass is 10.2. The number of benzene rings is 1. The minimum atomic E-state index is -0.780. The summed E-state index contributed by atoms with van der Waals surface area (Å²) in [5.41, 5.74) is 0.941. The first-order valence-corrected chi connectivity index (χ1v) is 6.57. The van der Waals surface area contributed by atoms with Crippen molar-refractivity contribution in [2.75, 3.05) is 0 Å². The summed E-state index contributed by atoms with van der Waals surface area (Å²) >= 11 is 13.4. The van der Waals surface area contributed by atoms with Crippen LogP contribution >= 0.6 is 35.0 Å². The van der Waals surface area contributed by atoms with E-state index in [9.17, 15) is 4.79 Å². The SMILES string of the molecule is CC(CC(=O)O)SCc1cc(Cl)ccc1Cl. The Kier molecular flexibility index (Phi) is 5.46. The van der Waals surface area contributed by atoms with Crippen LogP contribution in [0.4, 0.5) is 0 Å². The van der Waals surface area contributed by atoms with E-state index in [0.29, 0.717) is 15.8 Å². The molecule has 0 bridgehead atoms. The fourth-order valence-electron chi connectivity index (χ4n) is 1.19. The maximum atomic E-state index is 10.5. The molecule has 0 aliphatic heterocycles. The highest BCUT2D eigenvalue weighted by atomic mass is 35.5. The molecule has 0 amide bonds. The van der Waals surface area contributed by atoms with Gasteiger partial charge in [-0.3, -0.25) is 4.79 Å². The fraction of sp³-hybridized carbons (Fsp3) is 0.364. The van der Waals surface area contributed by atoms with Crippen molar-refractivity contribution < 1.29 is 9.90 Å². The Morgan fingerprint density at radius 3 is 2.81 bits per heavy atom. The lowest BCUT2D eigenvalue weighted by Gasteiger charge is -2.09. The molecule has 0 saturated carbocycles. The number of carbonyl (C=O) groups is 1. The number of thioether (sulfide) groups is 1. The van der Waals surface area contributed by atoms with Gasteiger partial charge >= 0.3 is 5.97 Å². The van der Waals surface area contributed by atoms with Crippen molar-refractivity contribution in [3.05, 3.63) is 33.8 Å². The molecule has 0 radical (unpaired) electrons. The third-order valence-corrected chi connectivity index (χ3v) is 3.81. The van der Waals surface area contributed by atoms with Crippen molar-refractivity contribution in [3.63, 3.8) is 0 Å². The molecular weight excluding hydrogens is 267 g/mol. The van der Waals surface area contributed by atoms with E-state index in [1.807, 2.05) is 13.0 Å². The Balaban J connectivity index is 2.54. The lowest BCUT2D eigenvalue weighted by Crippen LogP contribution is -2.05. The van der Waals surface area contributed by atoms with Crippen molar-refractivity contribution in [2.24, 2.45) is 0 Å². The van der Waals surface area contributed by atoms with Crippen molar-refractivity contribution in [2.45, 2.75) is 24.3 Å². The van der Waals surface area contributed by atoms with Crippen molar-refractivity contribution >= 4 is 40.9 Å². The third kappa shape index (κ3) is 4.64. The Labute approximate surface area is 109 Å². The van der Waals surface area contributed by atoms with Gasteiger partial charge in [0.1, 0.15) is 0 Å². The van der Waals surface area contributed by atoms with Crippen LogP contribution in [-0.4, -0.2) is 16.3 Å². The van der Waals surface area contributed by atoms with Crippen molar-refractivity contribution in [1.29, 1.82) is 0 Å². The second-order valence-corrected chi connectivity index (χ2v) is 5.73. The number of carboxylic acid groups (broad SMARTS) is 1. The van der Waals surface area contributed by atoms with E-state index in [0.717, 1.165) is 5.56 Å². The molecule has 1 N–H and O–H groups in total. The highest BCUT2D eigenvalue weighted by Gasteiger charge is 2.09. The van der Waals surface area contributed by atoms with E-state index in [1.165, 1.54) is 0 Å². The van der Waals surface area contributed by atoms with Crippen LogP contribution in [0.2, 0.25) is 10.0 Å². The van der Waals surface area contributed by atoms with E-state index in [4.69, 9.17) is 28.3 Å². The summed E-state index contributed by atoms with van der Waals surface area (Å²) < 4.78 is 0. The Morgan fingerprint density at radius 1 is 1.50 bits per heavy atom. The van der Waals surface area contributed by atoms with Crippen LogP contribution in [0.1, 0.15) is 18.9 Å². The molecule has 0 heterocycles. The first-order valence-electron chi connectivity index (χ1n) is 4.76. The zero-order valence-corrected chi connectivity index (χ0v) is 11.1. The van der Waals surface area contributed by atoms with Gasteiger partial charge in [-0.25, -0.2) is 0 Å². The maximum absolute atomic E-state index is 10.5. The van der Waals surface area contributed by atoms with Crippen LogP contribution in [0.25, 0.3) is 0 Å². The fourth-order valence-corrected chi connectivity index (χ4v) is 2.61. The number of hydrogen-bond donors (Lipinski definition) is 1. The summed E-state index contributed by atoms with van der Waals surface area (Å²) in [4.78, 5) is 10.5. The summed E-state index contributed by atoms with van der Waals surface area (Å²) in [5.74, 6) is -0.106. The van der Waals surface area contributed by atoms with Gasteiger partial charge in [-0.15, -0.1) is 0 Å². The molecule has 16 heavy (non-hydrogen) atoms. The van der Waals surface area contributed by atoms with Gasteiger partial charge in [0, 0.05) is 21.0 Å². The third-order valence-electron chi connectivity index (χ3n) is 1.99. The summed E-state index contributed by atoms with van der Waals surface area (Å²) in [5, 5.41) is 9.99. The average molecular weight is 279 g/mol. The molecule has 5 heteroatoms. The summed E-state index contributed by atoms with van der Waals surface area (Å²) in [6.45, 7) is 1.89. The Morgan fingerprint density at radius 2 is 2.19 bits per heavy atom. The maximum Gasteiger partial charge on any atom is 0.304 e. The van der Waals surface area contributed by atoms with E-state index >= 15 is 0 Å². The molecule has 1 atom stereocenters. The number of hydrogen-bond acceptors (Lipinski definition) is 2. The highest BCUT2D eigenvalue weighted by molar-refractivity contribution is 7.99. The van der Waals surface area contributed by atoms with Crippen molar-refractivity contribution in [1.82, 2.24) is 0 Å². The molecule has 0 aliphatic rings. The predicted molar refractivity (Wildman–Crippen MR) is 69.5 cm³/mol. The normalized spacial score (nSPS) is 12.4. The zero-order valence-electron chi connectivity index (χ0n) is 8.74. The molecular formula is C11H12Cl2O2S. The van der Waals surface area contributed by atoms with Gasteiger partial charge in [0.05, 0.1) is 6.42 Å². The minimum absolute atomic E-state index is 0.0625. The standard InChI is InChI=1S/C11H12Cl2O2S/c1-7(4-11(14)15)16-6-8-5-9(12)2-3-10(8)13/h2-3,5,7H,4,6H2,1H3,(H,14,15). The van der Waals surface area contributed by atoms with Crippen molar-refractivity contribution in [3.8, 4) is 0 Å². The monoisotopic (exact) mass is 278 g/mol. The summed E-state index contributed by atoms with van der Waals surface area (Å²) in [7, 11) is 0. The number of aliphatic carboxylic acids is 1. The minimum Gasteiger partial charge on any atom is -0.481 e. The molecule has 88 valence electrons. The second kappa shape index (κ2) is 6.38. The van der Waals surface area contributed by atoms with Gasteiger partial charge in [0.25, 0.3) is 0 Å². The highest BCUT2D eigenvalue weighted by Crippen LogP contribution is 2.27. The van der Waals surface area contributed by atoms with E-state index in [-0.39, 0.29) is 11.7 Å².